The Labute approximate surface area is 261 Å². The van der Waals surface area contributed by atoms with Crippen molar-refractivity contribution < 1.29 is 9.53 Å². The van der Waals surface area contributed by atoms with E-state index in [4.69, 9.17) is 21.6 Å². The fraction of sp³-hybridized carbons (Fsp3) is 0.444. The molecule has 234 valence electrons. The van der Waals surface area contributed by atoms with E-state index in [1.807, 2.05) is 24.3 Å². The highest BCUT2D eigenvalue weighted by Crippen LogP contribution is 2.25. The lowest BCUT2D eigenvalue weighted by molar-refractivity contribution is -0.122. The number of carbonyl (C=O) groups is 1. The largest absolute Gasteiger partial charge is 0.494 e. The third-order valence-electron chi connectivity index (χ3n) is 8.91. The molecular weight excluding hydrogens is 548 g/mol. The van der Waals surface area contributed by atoms with Gasteiger partial charge in [0.15, 0.2) is 0 Å². The van der Waals surface area contributed by atoms with Gasteiger partial charge in [0.25, 0.3) is 0 Å². The second-order valence-electron chi connectivity index (χ2n) is 12.6. The maximum atomic E-state index is 14.1. The first-order valence-corrected chi connectivity index (χ1v) is 16.0. The SMILES string of the molecule is CN(C)CCCOc1ccc2c(CNC(C(=O)N[C@H]3CC[C@H](N)CC3)C3=c4ccc(C(=N)N)cc4=CCCC3)cccc2c1. The molecule has 0 saturated heterocycles. The molecule has 1 atom stereocenters. The number of nitrogen functional groups attached to an aromatic ring is 1. The van der Waals surface area contributed by atoms with Crippen LogP contribution in [-0.4, -0.2) is 62.0 Å². The van der Waals surface area contributed by atoms with Crippen LogP contribution in [-0.2, 0) is 11.3 Å². The lowest BCUT2D eigenvalue weighted by Gasteiger charge is -2.29. The highest BCUT2D eigenvalue weighted by molar-refractivity contribution is 5.95. The summed E-state index contributed by atoms with van der Waals surface area (Å²) in [5, 5.41) is 19.3. The number of rotatable bonds is 12. The van der Waals surface area contributed by atoms with Gasteiger partial charge in [0.2, 0.25) is 5.91 Å². The summed E-state index contributed by atoms with van der Waals surface area (Å²) < 4.78 is 6.03. The summed E-state index contributed by atoms with van der Waals surface area (Å²) in [4.78, 5) is 16.2. The predicted octanol–water partition coefficient (Wildman–Crippen LogP) is 3.11. The van der Waals surface area contributed by atoms with Crippen LogP contribution in [0.25, 0.3) is 22.4 Å². The van der Waals surface area contributed by atoms with Crippen molar-refractivity contribution in [2.75, 3.05) is 27.2 Å². The number of amides is 1. The van der Waals surface area contributed by atoms with Crippen molar-refractivity contribution in [2.45, 2.75) is 76.0 Å². The van der Waals surface area contributed by atoms with Gasteiger partial charge in [-0.05, 0) is 116 Å². The van der Waals surface area contributed by atoms with Gasteiger partial charge in [0.05, 0.1) is 6.61 Å². The quantitative estimate of drug-likeness (QED) is 0.124. The summed E-state index contributed by atoms with van der Waals surface area (Å²) in [6, 6.07) is 18.3. The fourth-order valence-corrected chi connectivity index (χ4v) is 6.45. The van der Waals surface area contributed by atoms with Crippen LogP contribution in [0.1, 0.15) is 62.5 Å². The minimum Gasteiger partial charge on any atom is -0.494 e. The number of nitrogens with zero attached hydrogens (tertiary/aromatic N) is 1. The Morgan fingerprint density at radius 1 is 1.09 bits per heavy atom. The van der Waals surface area contributed by atoms with Crippen LogP contribution in [0.5, 0.6) is 5.75 Å². The van der Waals surface area contributed by atoms with E-state index in [9.17, 15) is 4.79 Å². The number of hydrogen-bond donors (Lipinski definition) is 5. The van der Waals surface area contributed by atoms with Gasteiger partial charge in [-0.15, -0.1) is 0 Å². The molecule has 3 aromatic carbocycles. The van der Waals surface area contributed by atoms with E-state index in [-0.39, 0.29) is 23.8 Å². The number of nitrogens with one attached hydrogen (secondary N) is 3. The van der Waals surface area contributed by atoms with Crippen molar-refractivity contribution in [3.05, 3.63) is 76.2 Å². The summed E-state index contributed by atoms with van der Waals surface area (Å²) in [7, 11) is 4.14. The normalized spacial score (nSPS) is 19.1. The Kier molecular flexibility index (Phi) is 10.7. The van der Waals surface area contributed by atoms with Gasteiger partial charge in [-0.1, -0.05) is 42.5 Å². The van der Waals surface area contributed by atoms with Gasteiger partial charge in [0, 0.05) is 30.7 Å². The van der Waals surface area contributed by atoms with Crippen LogP contribution in [0.2, 0.25) is 0 Å². The van der Waals surface area contributed by atoms with E-state index >= 15 is 0 Å². The number of fused-ring (bicyclic) bond motifs is 2. The van der Waals surface area contributed by atoms with E-state index in [1.165, 1.54) is 0 Å². The molecule has 1 amide bonds. The molecule has 0 radical (unpaired) electrons. The van der Waals surface area contributed by atoms with Crippen LogP contribution in [0.15, 0.2) is 54.6 Å². The molecule has 5 rings (SSSR count). The molecule has 0 aromatic heterocycles. The monoisotopic (exact) mass is 596 g/mol. The highest BCUT2D eigenvalue weighted by atomic mass is 16.5. The van der Waals surface area contributed by atoms with Crippen LogP contribution >= 0.6 is 0 Å². The lowest BCUT2D eigenvalue weighted by atomic mass is 9.91. The molecule has 2 aliphatic carbocycles. The molecule has 8 nitrogen and oxygen atoms in total. The molecular formula is C36H48N6O2. The van der Waals surface area contributed by atoms with Gasteiger partial charge < -0.3 is 26.4 Å². The number of benzene rings is 3. The summed E-state index contributed by atoms with van der Waals surface area (Å²) >= 11 is 0. The zero-order valence-electron chi connectivity index (χ0n) is 26.2. The number of carbonyl (C=O) groups excluding carboxylic acids is 1. The van der Waals surface area contributed by atoms with E-state index < -0.39 is 6.04 Å². The zero-order valence-corrected chi connectivity index (χ0v) is 26.2. The number of ether oxygens (including phenoxy) is 1. The molecule has 0 spiro atoms. The zero-order chi connectivity index (χ0) is 31.1. The highest BCUT2D eigenvalue weighted by Gasteiger charge is 2.28. The average Bonchev–Trinajstić information content (AvgIpc) is 3.22. The van der Waals surface area contributed by atoms with E-state index in [0.29, 0.717) is 18.7 Å². The fourth-order valence-electron chi connectivity index (χ4n) is 6.45. The van der Waals surface area contributed by atoms with Crippen molar-refractivity contribution in [2.24, 2.45) is 11.5 Å². The smallest absolute Gasteiger partial charge is 0.241 e. The van der Waals surface area contributed by atoms with Gasteiger partial charge in [-0.25, -0.2) is 0 Å². The molecule has 0 aliphatic heterocycles. The van der Waals surface area contributed by atoms with Crippen LogP contribution in [0.4, 0.5) is 0 Å². The van der Waals surface area contributed by atoms with Gasteiger partial charge in [-0.2, -0.15) is 0 Å². The number of amidine groups is 1. The van der Waals surface area contributed by atoms with Crippen molar-refractivity contribution >= 4 is 34.2 Å². The minimum atomic E-state index is -0.492. The summed E-state index contributed by atoms with van der Waals surface area (Å²) in [5.74, 6) is 0.934. The van der Waals surface area contributed by atoms with Gasteiger partial charge in [-0.3, -0.25) is 15.5 Å². The molecule has 1 saturated carbocycles. The third kappa shape index (κ3) is 8.05. The maximum Gasteiger partial charge on any atom is 0.241 e. The van der Waals surface area contributed by atoms with Crippen LogP contribution in [0, 0.1) is 5.41 Å². The van der Waals surface area contributed by atoms with Crippen molar-refractivity contribution in [3.8, 4) is 5.75 Å². The lowest BCUT2D eigenvalue weighted by Crippen LogP contribution is -2.51. The molecule has 0 heterocycles. The average molecular weight is 597 g/mol. The second-order valence-corrected chi connectivity index (χ2v) is 12.6. The van der Waals surface area contributed by atoms with E-state index in [2.05, 4.69) is 66.0 Å². The maximum absolute atomic E-state index is 14.1. The standard InChI is InChI=1S/C36H48N6O2/c1-42(2)19-6-20-44-30-16-18-31-25(22-30)8-5-9-27(31)23-40-34(36(43)41-29-14-12-28(37)13-15-29)33-10-4-3-7-24-21-26(35(38)39)11-17-32(24)33/h5,7-9,11,16-18,21-22,28-29,34,40H,3-4,6,10,12-15,19-20,23,37H2,1-2H3,(H3,38,39)(H,41,43)/t28-,29-,34?. The third-order valence-corrected chi connectivity index (χ3v) is 8.91. The number of nitrogens with two attached hydrogens (primary N) is 2. The second kappa shape index (κ2) is 14.8. The molecule has 3 aromatic rings. The van der Waals surface area contributed by atoms with Crippen molar-refractivity contribution in [1.29, 1.82) is 5.41 Å². The Morgan fingerprint density at radius 2 is 1.91 bits per heavy atom. The van der Waals surface area contributed by atoms with E-state index in [1.54, 1.807) is 0 Å². The number of hydrogen-bond acceptors (Lipinski definition) is 6. The first-order valence-electron chi connectivity index (χ1n) is 16.0. The van der Waals surface area contributed by atoms with E-state index in [0.717, 1.165) is 96.0 Å². The summed E-state index contributed by atoms with van der Waals surface area (Å²) in [6.07, 6.45) is 9.54. The molecule has 2 aliphatic rings. The van der Waals surface area contributed by atoms with Gasteiger partial charge >= 0.3 is 0 Å². The van der Waals surface area contributed by atoms with Crippen LogP contribution < -0.4 is 37.3 Å². The molecule has 7 N–H and O–H groups in total. The first kappa shape index (κ1) is 31.7. The minimum absolute atomic E-state index is 0.0117. The Balaban J connectivity index is 1.42. The Morgan fingerprint density at radius 3 is 2.68 bits per heavy atom. The van der Waals surface area contributed by atoms with Crippen molar-refractivity contribution in [3.63, 3.8) is 0 Å². The summed E-state index contributed by atoms with van der Waals surface area (Å²) in [5.41, 5.74) is 14.9. The topological polar surface area (TPSA) is 129 Å². The molecule has 8 heteroatoms. The predicted molar refractivity (Wildman–Crippen MR) is 180 cm³/mol. The summed E-state index contributed by atoms with van der Waals surface area (Å²) in [6.45, 7) is 2.22. The van der Waals surface area contributed by atoms with Crippen LogP contribution in [0.3, 0.4) is 0 Å². The molecule has 1 fully saturated rings. The Bertz CT molecular complexity index is 1590. The van der Waals surface area contributed by atoms with Gasteiger partial charge in [0.1, 0.15) is 17.6 Å². The molecule has 1 unspecified atom stereocenters. The molecule has 44 heavy (non-hydrogen) atoms. The Hall–Kier alpha value is -3.72. The first-order chi connectivity index (χ1) is 21.3. The molecule has 0 bridgehead atoms. The van der Waals surface area contributed by atoms with Crippen molar-refractivity contribution in [1.82, 2.24) is 15.5 Å².